The number of esters is 1. The topological polar surface area (TPSA) is 48.4 Å². The van der Waals surface area contributed by atoms with Gasteiger partial charge in [-0.25, -0.2) is 4.79 Å². The van der Waals surface area contributed by atoms with Crippen molar-refractivity contribution in [3.05, 3.63) is 90.3 Å². The third-order valence-electron chi connectivity index (χ3n) is 3.18. The molecule has 114 valence electrons. The molecule has 1 heterocycles. The quantitative estimate of drug-likeness (QED) is 0.530. The molecule has 1 aromatic heterocycles. The van der Waals surface area contributed by atoms with E-state index < -0.39 is 5.97 Å². The van der Waals surface area contributed by atoms with Gasteiger partial charge in [0.2, 0.25) is 0 Å². The molecule has 0 saturated carbocycles. The zero-order chi connectivity index (χ0) is 15.9. The summed E-state index contributed by atoms with van der Waals surface area (Å²) in [6.45, 7) is 0.355. The molecule has 0 N–H and O–H groups in total. The van der Waals surface area contributed by atoms with Crippen LogP contribution in [0.3, 0.4) is 0 Å². The third-order valence-corrected chi connectivity index (χ3v) is 3.18. The van der Waals surface area contributed by atoms with Crippen LogP contribution in [0.1, 0.15) is 15.9 Å². The number of rotatable bonds is 5. The summed E-state index contributed by atoms with van der Waals surface area (Å²) in [5.74, 6) is 0.494. The molecule has 0 aliphatic carbocycles. The molecular weight excluding hydrogens is 290 g/mol. The Kier molecular flexibility index (Phi) is 4.64. The van der Waals surface area contributed by atoms with Gasteiger partial charge in [-0.2, -0.15) is 0 Å². The second-order valence-electron chi connectivity index (χ2n) is 4.85. The molecule has 0 unspecified atom stereocenters. The van der Waals surface area contributed by atoms with E-state index in [1.807, 2.05) is 24.3 Å². The van der Waals surface area contributed by atoms with Crippen molar-refractivity contribution in [2.24, 2.45) is 0 Å². The van der Waals surface area contributed by atoms with Crippen LogP contribution in [0, 0.1) is 0 Å². The maximum Gasteiger partial charge on any atom is 0.343 e. The van der Waals surface area contributed by atoms with Gasteiger partial charge in [-0.05, 0) is 30.3 Å². The Hall–Kier alpha value is -3.14. The van der Waals surface area contributed by atoms with E-state index in [0.717, 1.165) is 5.56 Å². The van der Waals surface area contributed by atoms with Crippen LogP contribution in [0.25, 0.3) is 0 Å². The maximum absolute atomic E-state index is 12.2. The molecule has 4 nitrogen and oxygen atoms in total. The van der Waals surface area contributed by atoms with Crippen LogP contribution in [0.4, 0.5) is 0 Å². The monoisotopic (exact) mass is 305 g/mol. The number of hydrogen-bond acceptors (Lipinski definition) is 4. The molecule has 3 rings (SSSR count). The molecule has 0 aliphatic heterocycles. The van der Waals surface area contributed by atoms with Crippen molar-refractivity contribution in [1.82, 2.24) is 4.98 Å². The summed E-state index contributed by atoms with van der Waals surface area (Å²) >= 11 is 0. The third kappa shape index (κ3) is 3.95. The fraction of sp³-hybridized carbons (Fsp3) is 0.0526. The highest BCUT2D eigenvalue weighted by Crippen LogP contribution is 2.28. The second-order valence-corrected chi connectivity index (χ2v) is 4.85. The van der Waals surface area contributed by atoms with Crippen LogP contribution >= 0.6 is 0 Å². The van der Waals surface area contributed by atoms with Gasteiger partial charge in [0.15, 0.2) is 11.5 Å². The Balaban J connectivity index is 1.72. The normalized spacial score (nSPS) is 10.1. The fourth-order valence-electron chi connectivity index (χ4n) is 2.03. The zero-order valence-electron chi connectivity index (χ0n) is 12.4. The highest BCUT2D eigenvalue weighted by Gasteiger charge is 2.12. The number of ether oxygens (including phenoxy) is 2. The molecule has 23 heavy (non-hydrogen) atoms. The van der Waals surface area contributed by atoms with Gasteiger partial charge in [0.05, 0.1) is 5.56 Å². The lowest BCUT2D eigenvalue weighted by atomic mass is 10.2. The van der Waals surface area contributed by atoms with Crippen LogP contribution in [-0.2, 0) is 6.61 Å². The van der Waals surface area contributed by atoms with Gasteiger partial charge in [-0.3, -0.25) is 4.98 Å². The highest BCUT2D eigenvalue weighted by molar-refractivity contribution is 5.91. The summed E-state index contributed by atoms with van der Waals surface area (Å²) in [6, 6.07) is 19.7. The van der Waals surface area contributed by atoms with E-state index in [1.54, 1.807) is 54.9 Å². The van der Waals surface area contributed by atoms with E-state index in [-0.39, 0.29) is 0 Å². The Labute approximate surface area is 134 Å². The molecule has 3 aromatic rings. The van der Waals surface area contributed by atoms with Crippen molar-refractivity contribution in [3.63, 3.8) is 0 Å². The summed E-state index contributed by atoms with van der Waals surface area (Å²) in [4.78, 5) is 16.2. The molecule has 0 radical (unpaired) electrons. The van der Waals surface area contributed by atoms with E-state index in [9.17, 15) is 4.79 Å². The SMILES string of the molecule is O=C(Oc1ccccc1OCc1cccnc1)c1ccccc1. The van der Waals surface area contributed by atoms with Crippen LogP contribution < -0.4 is 9.47 Å². The first kappa shape index (κ1) is 14.8. The van der Waals surface area contributed by atoms with E-state index >= 15 is 0 Å². The van der Waals surface area contributed by atoms with Gasteiger partial charge in [0.1, 0.15) is 6.61 Å². The summed E-state index contributed by atoms with van der Waals surface area (Å²) < 4.78 is 11.2. The second kappa shape index (κ2) is 7.22. The molecular formula is C19H15NO3. The van der Waals surface area contributed by atoms with Gasteiger partial charge < -0.3 is 9.47 Å². The number of carbonyl (C=O) groups is 1. The first-order valence-corrected chi connectivity index (χ1v) is 7.21. The minimum absolute atomic E-state index is 0.355. The van der Waals surface area contributed by atoms with Crippen molar-refractivity contribution < 1.29 is 14.3 Å². The van der Waals surface area contributed by atoms with Crippen LogP contribution in [-0.4, -0.2) is 11.0 Å². The van der Waals surface area contributed by atoms with Gasteiger partial charge >= 0.3 is 5.97 Å². The molecule has 0 atom stereocenters. The molecule has 0 amide bonds. The van der Waals surface area contributed by atoms with Crippen LogP contribution in [0.5, 0.6) is 11.5 Å². The van der Waals surface area contributed by atoms with Crippen molar-refractivity contribution in [3.8, 4) is 11.5 Å². The lowest BCUT2D eigenvalue weighted by Gasteiger charge is -2.11. The first-order chi connectivity index (χ1) is 11.3. The average molecular weight is 305 g/mol. The van der Waals surface area contributed by atoms with E-state index in [4.69, 9.17) is 9.47 Å². The smallest absolute Gasteiger partial charge is 0.343 e. The van der Waals surface area contributed by atoms with Crippen molar-refractivity contribution >= 4 is 5.97 Å². The van der Waals surface area contributed by atoms with Crippen molar-refractivity contribution in [1.29, 1.82) is 0 Å². The summed E-state index contributed by atoms with van der Waals surface area (Å²) in [5, 5.41) is 0. The molecule has 0 fully saturated rings. The Morgan fingerprint density at radius 1 is 0.870 bits per heavy atom. The standard InChI is InChI=1S/C19H15NO3/c21-19(16-8-2-1-3-9-16)23-18-11-5-4-10-17(18)22-14-15-7-6-12-20-13-15/h1-13H,14H2. The molecule has 2 aromatic carbocycles. The number of nitrogens with zero attached hydrogens (tertiary/aromatic N) is 1. The highest BCUT2D eigenvalue weighted by atomic mass is 16.6. The van der Waals surface area contributed by atoms with Crippen LogP contribution in [0.2, 0.25) is 0 Å². The van der Waals surface area contributed by atoms with Crippen molar-refractivity contribution in [2.45, 2.75) is 6.61 Å². The van der Waals surface area contributed by atoms with Gasteiger partial charge in [0.25, 0.3) is 0 Å². The summed E-state index contributed by atoms with van der Waals surface area (Å²) in [6.07, 6.45) is 3.44. The summed E-state index contributed by atoms with van der Waals surface area (Å²) in [7, 11) is 0. The number of aromatic nitrogens is 1. The zero-order valence-corrected chi connectivity index (χ0v) is 12.4. The Morgan fingerprint density at radius 3 is 2.35 bits per heavy atom. The molecule has 0 aliphatic rings. The maximum atomic E-state index is 12.2. The lowest BCUT2D eigenvalue weighted by Crippen LogP contribution is -2.09. The van der Waals surface area contributed by atoms with Gasteiger partial charge in [-0.1, -0.05) is 36.4 Å². The number of para-hydroxylation sites is 2. The molecule has 0 saturated heterocycles. The van der Waals surface area contributed by atoms with Crippen molar-refractivity contribution in [2.75, 3.05) is 0 Å². The summed E-state index contributed by atoms with van der Waals surface area (Å²) in [5.41, 5.74) is 1.44. The lowest BCUT2D eigenvalue weighted by molar-refractivity contribution is 0.0727. The first-order valence-electron chi connectivity index (χ1n) is 7.21. The fourth-order valence-corrected chi connectivity index (χ4v) is 2.03. The Bertz CT molecular complexity index is 773. The van der Waals surface area contributed by atoms with E-state index in [0.29, 0.717) is 23.7 Å². The molecule has 4 heteroatoms. The molecule has 0 bridgehead atoms. The van der Waals surface area contributed by atoms with Gasteiger partial charge in [-0.15, -0.1) is 0 Å². The minimum atomic E-state index is -0.414. The number of hydrogen-bond donors (Lipinski definition) is 0. The van der Waals surface area contributed by atoms with Crippen LogP contribution in [0.15, 0.2) is 79.1 Å². The number of carbonyl (C=O) groups excluding carboxylic acids is 1. The number of benzene rings is 2. The molecule has 0 spiro atoms. The number of pyridine rings is 1. The predicted octanol–water partition coefficient (Wildman–Crippen LogP) is 3.88. The predicted molar refractivity (Wildman–Crippen MR) is 86.4 cm³/mol. The van der Waals surface area contributed by atoms with Gasteiger partial charge in [0, 0.05) is 18.0 Å². The van der Waals surface area contributed by atoms with E-state index in [2.05, 4.69) is 4.98 Å². The van der Waals surface area contributed by atoms with E-state index in [1.165, 1.54) is 0 Å². The minimum Gasteiger partial charge on any atom is -0.485 e. The Morgan fingerprint density at radius 2 is 1.61 bits per heavy atom. The largest absolute Gasteiger partial charge is 0.485 e. The average Bonchev–Trinajstić information content (AvgIpc) is 2.62.